The minimum atomic E-state index is -0.0860. The molecule has 2 atom stereocenters. The molecule has 116 valence electrons. The summed E-state index contributed by atoms with van der Waals surface area (Å²) in [5.41, 5.74) is 0.435. The molecule has 2 unspecified atom stereocenters. The van der Waals surface area contributed by atoms with E-state index >= 15 is 0 Å². The van der Waals surface area contributed by atoms with Crippen LogP contribution in [0.5, 0.6) is 0 Å². The predicted molar refractivity (Wildman–Crippen MR) is 79.9 cm³/mol. The van der Waals surface area contributed by atoms with Gasteiger partial charge in [-0.25, -0.2) is 0 Å². The molecule has 0 aromatic carbocycles. The van der Waals surface area contributed by atoms with E-state index in [4.69, 9.17) is 0 Å². The fourth-order valence-electron chi connectivity index (χ4n) is 3.34. The molecule has 0 aliphatic carbocycles. The molecule has 2 saturated heterocycles. The number of aromatic nitrogens is 3. The van der Waals surface area contributed by atoms with Gasteiger partial charge in [0.15, 0.2) is 5.69 Å². The normalized spacial score (nSPS) is 28.0. The molecule has 2 fully saturated rings. The Bertz CT molecular complexity index is 486. The van der Waals surface area contributed by atoms with E-state index in [0.717, 1.165) is 25.8 Å². The lowest BCUT2D eigenvalue weighted by atomic mass is 10.00. The van der Waals surface area contributed by atoms with Gasteiger partial charge in [0.05, 0.1) is 6.20 Å². The van der Waals surface area contributed by atoms with Crippen LogP contribution < -0.4 is 10.6 Å². The van der Waals surface area contributed by atoms with Gasteiger partial charge in [-0.2, -0.15) is 0 Å². The molecule has 3 heterocycles. The first-order valence-corrected chi connectivity index (χ1v) is 8.07. The van der Waals surface area contributed by atoms with Crippen LogP contribution in [0.25, 0.3) is 0 Å². The van der Waals surface area contributed by atoms with Crippen LogP contribution >= 0.6 is 0 Å². The minimum absolute atomic E-state index is 0.0860. The fourth-order valence-corrected chi connectivity index (χ4v) is 3.34. The van der Waals surface area contributed by atoms with Crippen molar-refractivity contribution in [2.45, 2.75) is 70.6 Å². The average molecular weight is 291 g/mol. The van der Waals surface area contributed by atoms with Gasteiger partial charge < -0.3 is 10.6 Å². The lowest BCUT2D eigenvalue weighted by Crippen LogP contribution is -2.48. The topological polar surface area (TPSA) is 71.8 Å². The van der Waals surface area contributed by atoms with Crippen LogP contribution in [-0.2, 0) is 6.54 Å². The summed E-state index contributed by atoms with van der Waals surface area (Å²) in [4.78, 5) is 12.3. The molecule has 2 aliphatic rings. The van der Waals surface area contributed by atoms with E-state index in [9.17, 15) is 4.79 Å². The van der Waals surface area contributed by atoms with Gasteiger partial charge in [-0.3, -0.25) is 9.48 Å². The van der Waals surface area contributed by atoms with E-state index in [-0.39, 0.29) is 11.9 Å². The summed E-state index contributed by atoms with van der Waals surface area (Å²) < 4.78 is 1.76. The Balaban J connectivity index is 1.53. The molecule has 21 heavy (non-hydrogen) atoms. The molecule has 0 radical (unpaired) electrons. The third-order valence-corrected chi connectivity index (χ3v) is 4.52. The third kappa shape index (κ3) is 3.61. The van der Waals surface area contributed by atoms with E-state index in [1.165, 1.54) is 12.8 Å². The van der Waals surface area contributed by atoms with Crippen LogP contribution in [0, 0.1) is 5.92 Å². The van der Waals surface area contributed by atoms with Crippen LogP contribution in [0.2, 0.25) is 0 Å². The zero-order valence-corrected chi connectivity index (χ0v) is 12.9. The number of rotatable bonds is 5. The quantitative estimate of drug-likeness (QED) is 0.858. The van der Waals surface area contributed by atoms with Gasteiger partial charge in [-0.05, 0) is 38.0 Å². The first kappa shape index (κ1) is 14.5. The molecule has 1 aromatic heterocycles. The van der Waals surface area contributed by atoms with Gasteiger partial charge in [0.25, 0.3) is 5.91 Å². The van der Waals surface area contributed by atoms with E-state index in [1.54, 1.807) is 10.9 Å². The second kappa shape index (κ2) is 6.13. The van der Waals surface area contributed by atoms with Crippen LogP contribution in [0.4, 0.5) is 0 Å². The van der Waals surface area contributed by atoms with E-state index < -0.39 is 0 Å². The highest BCUT2D eigenvalue weighted by molar-refractivity contribution is 5.92. The first-order valence-electron chi connectivity index (χ1n) is 8.07. The van der Waals surface area contributed by atoms with Gasteiger partial charge in [-0.15, -0.1) is 5.10 Å². The van der Waals surface area contributed by atoms with Crippen molar-refractivity contribution in [3.05, 3.63) is 11.9 Å². The Kier molecular flexibility index (Phi) is 4.24. The van der Waals surface area contributed by atoms with Crippen LogP contribution in [0.15, 0.2) is 6.20 Å². The molecule has 0 saturated carbocycles. The number of fused-ring (bicyclic) bond motifs is 2. The maximum absolute atomic E-state index is 12.3. The number of nitrogens with zero attached hydrogens (tertiary/aromatic N) is 3. The molecule has 1 aromatic rings. The van der Waals surface area contributed by atoms with Crippen molar-refractivity contribution in [1.82, 2.24) is 25.6 Å². The summed E-state index contributed by atoms with van der Waals surface area (Å²) in [5.74, 6) is 0.536. The highest BCUT2D eigenvalue weighted by Crippen LogP contribution is 2.26. The zero-order valence-electron chi connectivity index (χ0n) is 12.9. The first-order chi connectivity index (χ1) is 10.1. The molecule has 2 N–H and O–H groups in total. The summed E-state index contributed by atoms with van der Waals surface area (Å²) in [6.07, 6.45) is 7.34. The van der Waals surface area contributed by atoms with Gasteiger partial charge >= 0.3 is 0 Å². The molecule has 6 nitrogen and oxygen atoms in total. The molecular formula is C15H25N5O. The number of piperidine rings is 1. The average Bonchev–Trinajstić information content (AvgIpc) is 3.03. The van der Waals surface area contributed by atoms with Crippen molar-refractivity contribution in [3.8, 4) is 0 Å². The summed E-state index contributed by atoms with van der Waals surface area (Å²) >= 11 is 0. The van der Waals surface area contributed by atoms with Crippen molar-refractivity contribution < 1.29 is 4.79 Å². The number of nitrogens with one attached hydrogen (secondary N) is 2. The number of aryl methyl sites for hydroxylation is 1. The Labute approximate surface area is 125 Å². The Morgan fingerprint density at radius 3 is 2.81 bits per heavy atom. The van der Waals surface area contributed by atoms with E-state index in [1.807, 2.05) is 0 Å². The monoisotopic (exact) mass is 291 g/mol. The van der Waals surface area contributed by atoms with Crippen molar-refractivity contribution in [1.29, 1.82) is 0 Å². The summed E-state index contributed by atoms with van der Waals surface area (Å²) in [5, 5.41) is 14.7. The maximum Gasteiger partial charge on any atom is 0.273 e. The molecular weight excluding hydrogens is 266 g/mol. The molecule has 3 rings (SSSR count). The lowest BCUT2D eigenvalue weighted by molar-refractivity contribution is 0.0919. The molecule has 2 aliphatic heterocycles. The van der Waals surface area contributed by atoms with Crippen molar-refractivity contribution >= 4 is 5.91 Å². The second-order valence-corrected chi connectivity index (χ2v) is 6.83. The molecule has 6 heteroatoms. The molecule has 0 spiro atoms. The zero-order chi connectivity index (χ0) is 14.8. The van der Waals surface area contributed by atoms with Crippen LogP contribution in [0.1, 0.15) is 56.4 Å². The van der Waals surface area contributed by atoms with Gasteiger partial charge in [0.1, 0.15) is 0 Å². The van der Waals surface area contributed by atoms with Gasteiger partial charge in [-0.1, -0.05) is 19.1 Å². The van der Waals surface area contributed by atoms with Gasteiger partial charge in [0.2, 0.25) is 0 Å². The van der Waals surface area contributed by atoms with Crippen molar-refractivity contribution in [2.24, 2.45) is 5.92 Å². The smallest absolute Gasteiger partial charge is 0.273 e. The van der Waals surface area contributed by atoms with Crippen molar-refractivity contribution in [3.63, 3.8) is 0 Å². The summed E-state index contributed by atoms with van der Waals surface area (Å²) in [6, 6.07) is 1.43. The number of carbonyl (C=O) groups is 1. The van der Waals surface area contributed by atoms with E-state index in [0.29, 0.717) is 23.7 Å². The minimum Gasteiger partial charge on any atom is -0.348 e. The standard InChI is InChI=1S/C15H25N5O/c1-10(2)5-6-20-9-14(18-19-20)15(21)17-13-7-11-3-4-12(8-13)16-11/h9-13,16H,3-8H2,1-2H3,(H,17,21). The van der Waals surface area contributed by atoms with Gasteiger partial charge in [0, 0.05) is 24.7 Å². The highest BCUT2D eigenvalue weighted by Gasteiger charge is 2.34. The van der Waals surface area contributed by atoms with Crippen molar-refractivity contribution in [2.75, 3.05) is 0 Å². The third-order valence-electron chi connectivity index (χ3n) is 4.52. The Morgan fingerprint density at radius 2 is 2.14 bits per heavy atom. The maximum atomic E-state index is 12.3. The van der Waals surface area contributed by atoms with Crippen LogP contribution in [0.3, 0.4) is 0 Å². The Morgan fingerprint density at radius 1 is 1.43 bits per heavy atom. The largest absolute Gasteiger partial charge is 0.348 e. The summed E-state index contributed by atoms with van der Waals surface area (Å²) in [6.45, 7) is 5.17. The lowest BCUT2D eigenvalue weighted by Gasteiger charge is -2.29. The molecule has 1 amide bonds. The highest BCUT2D eigenvalue weighted by atomic mass is 16.2. The SMILES string of the molecule is CC(C)CCn1cc(C(=O)NC2CC3CCC(C2)N3)nn1. The number of hydrogen-bond acceptors (Lipinski definition) is 4. The van der Waals surface area contributed by atoms with E-state index in [2.05, 4.69) is 34.8 Å². The fraction of sp³-hybridized carbons (Fsp3) is 0.800. The Hall–Kier alpha value is -1.43. The second-order valence-electron chi connectivity index (χ2n) is 6.83. The molecule has 2 bridgehead atoms. The van der Waals surface area contributed by atoms with Crippen LogP contribution in [-0.4, -0.2) is 39.0 Å². The summed E-state index contributed by atoms with van der Waals surface area (Å²) in [7, 11) is 0. The number of amides is 1. The number of carbonyl (C=O) groups excluding carboxylic acids is 1. The predicted octanol–water partition coefficient (Wildman–Crippen LogP) is 1.34. The number of hydrogen-bond donors (Lipinski definition) is 2.